The lowest BCUT2D eigenvalue weighted by atomic mass is 9.95. The maximum absolute atomic E-state index is 13.0. The zero-order valence-electron chi connectivity index (χ0n) is 18.7. The highest BCUT2D eigenvalue weighted by molar-refractivity contribution is 6.46. The molecule has 174 valence electrons. The van der Waals surface area contributed by atoms with E-state index >= 15 is 0 Å². The van der Waals surface area contributed by atoms with Crippen molar-refractivity contribution in [2.24, 2.45) is 0 Å². The topological polar surface area (TPSA) is 119 Å². The van der Waals surface area contributed by atoms with Crippen LogP contribution in [0.15, 0.2) is 54.1 Å². The van der Waals surface area contributed by atoms with Crippen molar-refractivity contribution in [3.8, 4) is 5.75 Å². The van der Waals surface area contributed by atoms with E-state index in [1.165, 1.54) is 36.3 Å². The predicted octanol–water partition coefficient (Wildman–Crippen LogP) is 3.84. The molecule has 1 amide bonds. The van der Waals surface area contributed by atoms with Gasteiger partial charge in [0.1, 0.15) is 11.5 Å². The van der Waals surface area contributed by atoms with Crippen molar-refractivity contribution in [1.82, 2.24) is 4.90 Å². The number of carbonyl (C=O) groups is 2. The van der Waals surface area contributed by atoms with Crippen molar-refractivity contribution in [2.45, 2.75) is 32.4 Å². The number of nitro groups is 1. The number of rotatable bonds is 9. The van der Waals surface area contributed by atoms with Gasteiger partial charge in [-0.1, -0.05) is 24.3 Å². The third kappa shape index (κ3) is 5.20. The molecular formula is C24H26N2O7. The average Bonchev–Trinajstić information content (AvgIpc) is 3.06. The number of carbonyl (C=O) groups excluding carboxylic acids is 2. The molecule has 1 aliphatic heterocycles. The van der Waals surface area contributed by atoms with Gasteiger partial charge in [0, 0.05) is 30.8 Å². The second-order valence-electron chi connectivity index (χ2n) is 7.85. The van der Waals surface area contributed by atoms with Crippen molar-refractivity contribution in [1.29, 1.82) is 0 Å². The first kappa shape index (κ1) is 23.9. The summed E-state index contributed by atoms with van der Waals surface area (Å²) in [6.07, 6.45) is 0.520. The molecule has 1 atom stereocenters. The van der Waals surface area contributed by atoms with Crippen LogP contribution in [0.3, 0.4) is 0 Å². The Morgan fingerprint density at radius 2 is 1.91 bits per heavy atom. The lowest BCUT2D eigenvalue weighted by Crippen LogP contribution is -2.31. The van der Waals surface area contributed by atoms with Crippen LogP contribution in [0.5, 0.6) is 5.75 Å². The number of hydrogen-bond acceptors (Lipinski definition) is 7. The molecule has 2 aromatic rings. The predicted molar refractivity (Wildman–Crippen MR) is 121 cm³/mol. The molecule has 33 heavy (non-hydrogen) atoms. The Hall–Kier alpha value is -3.72. The number of aliphatic hydroxyl groups excluding tert-OH is 1. The summed E-state index contributed by atoms with van der Waals surface area (Å²) in [5, 5.41) is 22.2. The molecular weight excluding hydrogens is 428 g/mol. The highest BCUT2D eigenvalue weighted by Gasteiger charge is 2.46. The number of ether oxygens (including phenoxy) is 2. The number of aliphatic hydroxyl groups is 1. The van der Waals surface area contributed by atoms with Gasteiger partial charge in [0.15, 0.2) is 0 Å². The number of methoxy groups -OCH3 is 1. The van der Waals surface area contributed by atoms with Gasteiger partial charge in [-0.05, 0) is 38.0 Å². The Balaban J connectivity index is 2.08. The molecule has 9 nitrogen and oxygen atoms in total. The van der Waals surface area contributed by atoms with Crippen LogP contribution in [-0.4, -0.2) is 53.0 Å². The Labute approximate surface area is 191 Å². The summed E-state index contributed by atoms with van der Waals surface area (Å²) in [5.41, 5.74) is 0.291. The van der Waals surface area contributed by atoms with E-state index in [2.05, 4.69) is 0 Å². The zero-order chi connectivity index (χ0) is 24.1. The van der Waals surface area contributed by atoms with Crippen LogP contribution in [0.4, 0.5) is 5.69 Å². The Kier molecular flexibility index (Phi) is 7.44. The lowest BCUT2D eigenvalue weighted by Gasteiger charge is -2.25. The van der Waals surface area contributed by atoms with Crippen LogP contribution in [0.25, 0.3) is 5.76 Å². The number of ketones is 1. The monoisotopic (exact) mass is 454 g/mol. The third-order valence-electron chi connectivity index (χ3n) is 5.27. The highest BCUT2D eigenvalue weighted by Crippen LogP contribution is 2.40. The van der Waals surface area contributed by atoms with Crippen molar-refractivity contribution < 1.29 is 29.1 Å². The van der Waals surface area contributed by atoms with Gasteiger partial charge in [0.2, 0.25) is 0 Å². The Bertz CT molecular complexity index is 1090. The summed E-state index contributed by atoms with van der Waals surface area (Å²) in [4.78, 5) is 37.9. The van der Waals surface area contributed by atoms with Gasteiger partial charge in [-0.3, -0.25) is 19.7 Å². The van der Waals surface area contributed by atoms with Crippen LogP contribution < -0.4 is 4.74 Å². The Morgan fingerprint density at radius 1 is 1.18 bits per heavy atom. The number of nitrogens with zero attached hydrogens (tertiary/aromatic N) is 2. The number of likely N-dealkylation sites (tertiary alicyclic amines) is 1. The highest BCUT2D eigenvalue weighted by atomic mass is 16.6. The van der Waals surface area contributed by atoms with Gasteiger partial charge in [-0.25, -0.2) is 0 Å². The molecule has 9 heteroatoms. The standard InChI is InChI=1S/C24H26N2O7/c1-15(2)33-12-6-11-25-21(16-7-5-10-19(14-16)32-3)20(23(28)24(25)29)22(27)17-8-4-9-18(13-17)26(30)31/h4-5,7-10,13-15,21,27H,6,11-12H2,1-3H3/b22-20-. The molecule has 1 unspecified atom stereocenters. The number of nitro benzene ring substituents is 1. The zero-order valence-corrected chi connectivity index (χ0v) is 18.7. The summed E-state index contributed by atoms with van der Waals surface area (Å²) in [6, 6.07) is 11.3. The SMILES string of the molecule is COc1cccc(C2/C(=C(/O)c3cccc([N+](=O)[O-])c3)C(=O)C(=O)N2CCCOC(C)C)c1. The average molecular weight is 454 g/mol. The quantitative estimate of drug-likeness (QED) is 0.153. The van der Waals surface area contributed by atoms with Gasteiger partial charge in [0.25, 0.3) is 17.4 Å². The molecule has 0 bridgehead atoms. The molecule has 1 saturated heterocycles. The molecule has 0 aromatic heterocycles. The van der Waals surface area contributed by atoms with Crippen LogP contribution in [0.1, 0.15) is 37.4 Å². The fourth-order valence-corrected chi connectivity index (χ4v) is 3.75. The molecule has 1 aliphatic rings. The fourth-order valence-electron chi connectivity index (χ4n) is 3.75. The minimum atomic E-state index is -0.876. The van der Waals surface area contributed by atoms with Gasteiger partial charge >= 0.3 is 0 Å². The van der Waals surface area contributed by atoms with Crippen molar-refractivity contribution in [3.63, 3.8) is 0 Å². The van der Waals surface area contributed by atoms with Crippen LogP contribution in [0.2, 0.25) is 0 Å². The third-order valence-corrected chi connectivity index (χ3v) is 5.27. The van der Waals surface area contributed by atoms with Crippen LogP contribution in [-0.2, 0) is 14.3 Å². The van der Waals surface area contributed by atoms with E-state index < -0.39 is 28.4 Å². The maximum Gasteiger partial charge on any atom is 0.295 e. The van der Waals surface area contributed by atoms with E-state index in [9.17, 15) is 24.8 Å². The fraction of sp³-hybridized carbons (Fsp3) is 0.333. The van der Waals surface area contributed by atoms with E-state index in [1.807, 2.05) is 13.8 Å². The molecule has 1 N–H and O–H groups in total. The summed E-state index contributed by atoms with van der Waals surface area (Å²) >= 11 is 0. The first-order chi connectivity index (χ1) is 15.7. The molecule has 0 aliphatic carbocycles. The van der Waals surface area contributed by atoms with E-state index in [0.717, 1.165) is 0 Å². The summed E-state index contributed by atoms with van der Waals surface area (Å²) in [6.45, 7) is 4.43. The lowest BCUT2D eigenvalue weighted by molar-refractivity contribution is -0.384. The summed E-state index contributed by atoms with van der Waals surface area (Å²) in [5.74, 6) is -1.54. The minimum Gasteiger partial charge on any atom is -0.507 e. The molecule has 0 radical (unpaired) electrons. The molecule has 0 saturated carbocycles. The van der Waals surface area contributed by atoms with E-state index in [1.54, 1.807) is 24.3 Å². The van der Waals surface area contributed by atoms with Gasteiger partial charge in [-0.15, -0.1) is 0 Å². The van der Waals surface area contributed by atoms with Gasteiger partial charge < -0.3 is 19.5 Å². The maximum atomic E-state index is 13.0. The van der Waals surface area contributed by atoms with E-state index in [0.29, 0.717) is 24.3 Å². The number of benzene rings is 2. The number of amides is 1. The summed E-state index contributed by atoms with van der Waals surface area (Å²) in [7, 11) is 1.50. The molecule has 1 fully saturated rings. The van der Waals surface area contributed by atoms with Crippen molar-refractivity contribution in [3.05, 3.63) is 75.3 Å². The Morgan fingerprint density at radius 3 is 2.58 bits per heavy atom. The number of Topliss-reactive ketones (excluding diaryl/α,β-unsaturated/α-hetero) is 1. The number of non-ortho nitro benzene ring substituents is 1. The van der Waals surface area contributed by atoms with Crippen molar-refractivity contribution in [2.75, 3.05) is 20.3 Å². The minimum absolute atomic E-state index is 0.0310. The van der Waals surface area contributed by atoms with Gasteiger partial charge in [-0.2, -0.15) is 0 Å². The van der Waals surface area contributed by atoms with Crippen LogP contribution >= 0.6 is 0 Å². The second-order valence-corrected chi connectivity index (χ2v) is 7.85. The smallest absolute Gasteiger partial charge is 0.295 e. The van der Waals surface area contributed by atoms with Crippen molar-refractivity contribution >= 4 is 23.1 Å². The molecule has 0 spiro atoms. The first-order valence-electron chi connectivity index (χ1n) is 10.5. The van der Waals surface area contributed by atoms with E-state index in [4.69, 9.17) is 9.47 Å². The number of hydrogen-bond donors (Lipinski definition) is 1. The molecule has 3 rings (SSSR count). The normalized spacial score (nSPS) is 17.6. The molecule has 2 aromatic carbocycles. The summed E-state index contributed by atoms with van der Waals surface area (Å²) < 4.78 is 10.8. The van der Waals surface area contributed by atoms with E-state index in [-0.39, 0.29) is 29.5 Å². The second kappa shape index (κ2) is 10.3. The van der Waals surface area contributed by atoms with Gasteiger partial charge in [0.05, 0.1) is 29.8 Å². The largest absolute Gasteiger partial charge is 0.507 e. The first-order valence-corrected chi connectivity index (χ1v) is 10.5. The van der Waals surface area contributed by atoms with Crippen LogP contribution in [0, 0.1) is 10.1 Å². The molecule has 1 heterocycles.